The largest absolute Gasteiger partial charge is 0.465 e. The van der Waals surface area contributed by atoms with Crippen molar-refractivity contribution in [2.24, 2.45) is 4.99 Å². The number of hydrogen-bond acceptors (Lipinski definition) is 6. The van der Waals surface area contributed by atoms with Crippen LogP contribution in [-0.4, -0.2) is 45.5 Å². The van der Waals surface area contributed by atoms with Gasteiger partial charge >= 0.3 is 5.97 Å². The number of carbonyl (C=O) groups is 2. The summed E-state index contributed by atoms with van der Waals surface area (Å²) in [6.07, 6.45) is 3.68. The van der Waals surface area contributed by atoms with Gasteiger partial charge in [-0.1, -0.05) is 30.3 Å². The number of ether oxygens (including phenoxy) is 1. The van der Waals surface area contributed by atoms with E-state index in [1.165, 1.54) is 0 Å². The molecule has 0 aliphatic carbocycles. The van der Waals surface area contributed by atoms with E-state index < -0.39 is 5.97 Å². The normalized spacial score (nSPS) is 11.2. The molecule has 31 heavy (non-hydrogen) atoms. The molecule has 0 saturated heterocycles. The van der Waals surface area contributed by atoms with Crippen LogP contribution < -0.4 is 5.32 Å². The fourth-order valence-electron chi connectivity index (χ4n) is 2.97. The predicted molar refractivity (Wildman–Crippen MR) is 119 cm³/mol. The van der Waals surface area contributed by atoms with E-state index >= 15 is 0 Å². The zero-order valence-electron chi connectivity index (χ0n) is 17.6. The molecule has 0 unspecified atom stereocenters. The van der Waals surface area contributed by atoms with Gasteiger partial charge in [0.2, 0.25) is 0 Å². The molecule has 0 atom stereocenters. The van der Waals surface area contributed by atoms with Crippen LogP contribution in [0.15, 0.2) is 65.9 Å². The average Bonchev–Trinajstić information content (AvgIpc) is 3.21. The van der Waals surface area contributed by atoms with E-state index in [0.717, 1.165) is 16.8 Å². The van der Waals surface area contributed by atoms with Crippen molar-refractivity contribution in [1.29, 1.82) is 0 Å². The second-order valence-corrected chi connectivity index (χ2v) is 6.65. The molecule has 1 N–H and O–H groups in total. The van der Waals surface area contributed by atoms with Gasteiger partial charge in [0.25, 0.3) is 5.91 Å². The zero-order chi connectivity index (χ0) is 22.1. The van der Waals surface area contributed by atoms with Crippen LogP contribution in [0.3, 0.4) is 0 Å². The van der Waals surface area contributed by atoms with Crippen LogP contribution >= 0.6 is 0 Å². The van der Waals surface area contributed by atoms with Gasteiger partial charge in [0, 0.05) is 37.0 Å². The van der Waals surface area contributed by atoms with Crippen molar-refractivity contribution in [2.45, 2.75) is 26.8 Å². The molecule has 0 bridgehead atoms. The molecule has 3 aromatic rings. The van der Waals surface area contributed by atoms with Crippen LogP contribution in [-0.2, 0) is 27.3 Å². The molecule has 1 amide bonds. The average molecular weight is 419 g/mol. The number of aliphatic imine (C=N–C) groups is 1. The summed E-state index contributed by atoms with van der Waals surface area (Å²) in [5.41, 5.74) is 2.79. The van der Waals surface area contributed by atoms with Crippen LogP contribution in [0.4, 0.5) is 5.82 Å². The Balaban J connectivity index is 1.83. The Hall–Kier alpha value is -3.81. The summed E-state index contributed by atoms with van der Waals surface area (Å²) in [6.45, 7) is 4.31. The number of esters is 1. The highest BCUT2D eigenvalue weighted by Crippen LogP contribution is 2.21. The highest BCUT2D eigenvalue weighted by Gasteiger charge is 2.17. The molecule has 8 heteroatoms. The van der Waals surface area contributed by atoms with Crippen LogP contribution in [0.2, 0.25) is 0 Å². The highest BCUT2D eigenvalue weighted by atomic mass is 16.5. The Kier molecular flexibility index (Phi) is 7.64. The minimum atomic E-state index is -0.473. The summed E-state index contributed by atoms with van der Waals surface area (Å²) in [4.78, 5) is 33.1. The van der Waals surface area contributed by atoms with Gasteiger partial charge in [-0.15, -0.1) is 0 Å². The molecular formula is C23H25N5O3. The molecule has 2 aromatic heterocycles. The van der Waals surface area contributed by atoms with Gasteiger partial charge in [0.15, 0.2) is 0 Å². The number of nitrogens with zero attached hydrogens (tertiary/aromatic N) is 4. The first-order valence-electron chi connectivity index (χ1n) is 10.1. The molecule has 0 radical (unpaired) electrons. The molecule has 0 fully saturated rings. The number of aromatic nitrogens is 3. The van der Waals surface area contributed by atoms with E-state index in [-0.39, 0.29) is 24.8 Å². The Morgan fingerprint density at radius 3 is 2.52 bits per heavy atom. The minimum Gasteiger partial charge on any atom is -0.465 e. The molecule has 2 heterocycles. The van der Waals surface area contributed by atoms with Crippen molar-refractivity contribution in [2.75, 3.05) is 18.5 Å². The Bertz CT molecular complexity index is 1050. The van der Waals surface area contributed by atoms with Crippen molar-refractivity contribution < 1.29 is 14.3 Å². The standard InChI is InChI=1S/C23H25N5O3/c1-3-28-21(15-19(27-28)18-10-12-24-13-11-18)26-23(30)20(25-16-22(29)31-4-2)14-17-8-6-5-7-9-17/h5-13,15H,3-4,14,16H2,1-2H3,(H,26,30). The molecule has 0 saturated carbocycles. The fraction of sp³-hybridized carbons (Fsp3) is 0.261. The Labute approximate surface area is 181 Å². The summed E-state index contributed by atoms with van der Waals surface area (Å²) >= 11 is 0. The van der Waals surface area contributed by atoms with E-state index in [0.29, 0.717) is 18.8 Å². The first-order valence-corrected chi connectivity index (χ1v) is 10.1. The van der Waals surface area contributed by atoms with E-state index in [9.17, 15) is 9.59 Å². The van der Waals surface area contributed by atoms with Gasteiger partial charge in [-0.25, -0.2) is 4.68 Å². The quantitative estimate of drug-likeness (QED) is 0.424. The Morgan fingerprint density at radius 1 is 1.10 bits per heavy atom. The van der Waals surface area contributed by atoms with Crippen molar-refractivity contribution in [3.8, 4) is 11.3 Å². The third-order valence-electron chi connectivity index (χ3n) is 4.48. The molecule has 3 rings (SSSR count). The van der Waals surface area contributed by atoms with Crippen LogP contribution in [0, 0.1) is 0 Å². The predicted octanol–water partition coefficient (Wildman–Crippen LogP) is 3.15. The minimum absolute atomic E-state index is 0.210. The van der Waals surface area contributed by atoms with Gasteiger partial charge in [0.05, 0.1) is 12.3 Å². The van der Waals surface area contributed by atoms with Crippen LogP contribution in [0.1, 0.15) is 19.4 Å². The van der Waals surface area contributed by atoms with Crippen molar-refractivity contribution in [1.82, 2.24) is 14.8 Å². The maximum atomic E-state index is 13.1. The summed E-state index contributed by atoms with van der Waals surface area (Å²) in [7, 11) is 0. The molecular weight excluding hydrogens is 394 g/mol. The second-order valence-electron chi connectivity index (χ2n) is 6.65. The van der Waals surface area contributed by atoms with Crippen molar-refractivity contribution in [3.63, 3.8) is 0 Å². The maximum absolute atomic E-state index is 13.1. The SMILES string of the molecule is CCOC(=O)CN=C(Cc1ccccc1)C(=O)Nc1cc(-c2ccncc2)nn1CC. The second kappa shape index (κ2) is 10.8. The lowest BCUT2D eigenvalue weighted by atomic mass is 10.1. The number of pyridine rings is 1. The first-order chi connectivity index (χ1) is 15.1. The molecule has 0 spiro atoms. The van der Waals surface area contributed by atoms with E-state index in [4.69, 9.17) is 4.74 Å². The number of amides is 1. The van der Waals surface area contributed by atoms with Crippen molar-refractivity contribution >= 4 is 23.4 Å². The Morgan fingerprint density at radius 2 is 1.84 bits per heavy atom. The lowest BCUT2D eigenvalue weighted by Crippen LogP contribution is -2.27. The number of benzene rings is 1. The smallest absolute Gasteiger partial charge is 0.327 e. The fourth-order valence-corrected chi connectivity index (χ4v) is 2.97. The number of anilines is 1. The van der Waals surface area contributed by atoms with E-state index in [1.807, 2.05) is 55.5 Å². The van der Waals surface area contributed by atoms with Crippen molar-refractivity contribution in [3.05, 3.63) is 66.5 Å². The third kappa shape index (κ3) is 6.08. The van der Waals surface area contributed by atoms with Gasteiger partial charge in [0.1, 0.15) is 18.1 Å². The molecule has 0 aliphatic heterocycles. The summed E-state index contributed by atoms with van der Waals surface area (Å²) < 4.78 is 6.64. The van der Waals surface area contributed by atoms with Gasteiger partial charge < -0.3 is 10.1 Å². The molecule has 8 nitrogen and oxygen atoms in total. The zero-order valence-corrected chi connectivity index (χ0v) is 17.6. The molecule has 0 aliphatic rings. The summed E-state index contributed by atoms with van der Waals surface area (Å²) in [6, 6.07) is 15.0. The lowest BCUT2D eigenvalue weighted by Gasteiger charge is -2.10. The topological polar surface area (TPSA) is 98.5 Å². The number of nitrogens with one attached hydrogen (secondary N) is 1. The van der Waals surface area contributed by atoms with Crippen LogP contribution in [0.25, 0.3) is 11.3 Å². The monoisotopic (exact) mass is 419 g/mol. The summed E-state index contributed by atoms with van der Waals surface area (Å²) in [5, 5.41) is 7.44. The third-order valence-corrected chi connectivity index (χ3v) is 4.48. The van der Waals surface area contributed by atoms with Gasteiger partial charge in [-0.05, 0) is 31.5 Å². The van der Waals surface area contributed by atoms with E-state index in [2.05, 4.69) is 20.4 Å². The maximum Gasteiger partial charge on any atom is 0.327 e. The number of carbonyl (C=O) groups excluding carboxylic acids is 2. The molecule has 160 valence electrons. The van der Waals surface area contributed by atoms with Crippen LogP contribution in [0.5, 0.6) is 0 Å². The van der Waals surface area contributed by atoms with Gasteiger partial charge in [-0.3, -0.25) is 19.6 Å². The number of aryl methyl sites for hydroxylation is 1. The first kappa shape index (κ1) is 21.9. The number of rotatable bonds is 9. The van der Waals surface area contributed by atoms with Gasteiger partial charge in [-0.2, -0.15) is 5.10 Å². The molecule has 1 aromatic carbocycles. The summed E-state index contributed by atoms with van der Waals surface area (Å²) in [5.74, 6) is -0.306. The lowest BCUT2D eigenvalue weighted by molar-refractivity contribution is -0.141. The highest BCUT2D eigenvalue weighted by molar-refractivity contribution is 6.43. The number of hydrogen-bond donors (Lipinski definition) is 1. The van der Waals surface area contributed by atoms with E-state index in [1.54, 1.807) is 24.0 Å².